The van der Waals surface area contributed by atoms with Crippen LogP contribution in [-0.4, -0.2) is 44.2 Å². The van der Waals surface area contributed by atoms with Crippen molar-refractivity contribution in [3.05, 3.63) is 34.4 Å². The third-order valence-electron chi connectivity index (χ3n) is 5.87. The second kappa shape index (κ2) is 7.26. The van der Waals surface area contributed by atoms with Gasteiger partial charge in [0.05, 0.1) is 11.0 Å². The lowest BCUT2D eigenvalue weighted by Gasteiger charge is -2.36. The molecule has 0 N–H and O–H groups in total. The van der Waals surface area contributed by atoms with Crippen molar-refractivity contribution in [3.8, 4) is 12.3 Å². The normalized spacial score (nSPS) is 25.2. The molecule has 28 heavy (non-hydrogen) atoms. The summed E-state index contributed by atoms with van der Waals surface area (Å²) in [6, 6.07) is 4.87. The summed E-state index contributed by atoms with van der Waals surface area (Å²) in [6.07, 6.45) is 6.06. The molecule has 0 amide bonds. The van der Waals surface area contributed by atoms with Crippen molar-refractivity contribution < 1.29 is 17.8 Å². The topological polar surface area (TPSA) is 89.5 Å². The summed E-state index contributed by atoms with van der Waals surface area (Å²) in [5.74, 6) is 2.55. The summed E-state index contributed by atoms with van der Waals surface area (Å²) in [6.45, 7) is 12.7. The Morgan fingerprint density at radius 2 is 1.93 bits per heavy atom. The van der Waals surface area contributed by atoms with Gasteiger partial charge >= 0.3 is 0 Å². The Bertz CT molecular complexity index is 917. The first kappa shape index (κ1) is 22.6. The fourth-order valence-corrected chi connectivity index (χ4v) is 6.18. The largest absolute Gasteiger partial charge is 0.417 e. The van der Waals surface area contributed by atoms with Gasteiger partial charge in [0.25, 0.3) is 15.7 Å². The zero-order valence-corrected chi connectivity index (χ0v) is 19.0. The van der Waals surface area contributed by atoms with Crippen LogP contribution in [0.1, 0.15) is 34.1 Å². The van der Waals surface area contributed by atoms with Crippen molar-refractivity contribution in [3.63, 3.8) is 0 Å². The Balaban J connectivity index is 2.24. The fourth-order valence-electron chi connectivity index (χ4n) is 2.98. The number of nitro benzene ring substituents is 1. The van der Waals surface area contributed by atoms with Crippen LogP contribution in [0, 0.1) is 22.5 Å². The number of para-hydroxylation sites is 1. The number of hydrogen-bond donors (Lipinski definition) is 0. The maximum atomic E-state index is 13.1. The van der Waals surface area contributed by atoms with Gasteiger partial charge in [-0.15, -0.1) is 6.42 Å². The van der Waals surface area contributed by atoms with E-state index in [1.54, 1.807) is 6.92 Å². The van der Waals surface area contributed by atoms with E-state index in [1.807, 2.05) is 0 Å². The predicted molar refractivity (Wildman–Crippen MR) is 111 cm³/mol. The first-order chi connectivity index (χ1) is 12.7. The highest BCUT2D eigenvalue weighted by atomic mass is 32.2. The molecular formula is C19H28N2O5SSi. The molecule has 1 saturated heterocycles. The minimum atomic E-state index is -4.10. The van der Waals surface area contributed by atoms with Crippen LogP contribution in [0.3, 0.4) is 0 Å². The third-order valence-corrected chi connectivity index (χ3v) is 12.5. The van der Waals surface area contributed by atoms with Crippen molar-refractivity contribution in [2.75, 3.05) is 6.61 Å². The number of hydrogen-bond acceptors (Lipinski definition) is 5. The molecule has 1 fully saturated rings. The van der Waals surface area contributed by atoms with Crippen LogP contribution in [0.5, 0.6) is 0 Å². The van der Waals surface area contributed by atoms with Gasteiger partial charge in [-0.1, -0.05) is 38.8 Å². The lowest BCUT2D eigenvalue weighted by molar-refractivity contribution is -0.387. The molecule has 1 aliphatic heterocycles. The van der Waals surface area contributed by atoms with Crippen molar-refractivity contribution >= 4 is 24.0 Å². The number of benzene rings is 1. The van der Waals surface area contributed by atoms with Crippen LogP contribution in [-0.2, 0) is 14.4 Å². The quantitative estimate of drug-likeness (QED) is 0.218. The second-order valence-corrected chi connectivity index (χ2v) is 15.3. The van der Waals surface area contributed by atoms with Gasteiger partial charge in [0.1, 0.15) is 5.54 Å². The van der Waals surface area contributed by atoms with Crippen molar-refractivity contribution in [1.82, 2.24) is 4.31 Å². The number of nitrogens with zero attached hydrogens (tertiary/aromatic N) is 2. The van der Waals surface area contributed by atoms with E-state index in [-0.39, 0.29) is 9.93 Å². The molecule has 154 valence electrons. The molecule has 1 aliphatic rings. The van der Waals surface area contributed by atoms with Crippen LogP contribution >= 0.6 is 0 Å². The third kappa shape index (κ3) is 3.87. The van der Waals surface area contributed by atoms with E-state index in [2.05, 4.69) is 39.8 Å². The maximum absolute atomic E-state index is 13.1. The number of nitro groups is 1. The molecule has 0 saturated carbocycles. The van der Waals surface area contributed by atoms with Gasteiger partial charge in [-0.05, 0) is 37.5 Å². The van der Waals surface area contributed by atoms with Gasteiger partial charge < -0.3 is 4.43 Å². The molecule has 7 nitrogen and oxygen atoms in total. The molecule has 1 aromatic rings. The summed E-state index contributed by atoms with van der Waals surface area (Å²) < 4.78 is 33.6. The van der Waals surface area contributed by atoms with E-state index >= 15 is 0 Å². The monoisotopic (exact) mass is 424 g/mol. The molecule has 0 aliphatic carbocycles. The molecule has 1 heterocycles. The fraction of sp³-hybridized carbons (Fsp3) is 0.579. The van der Waals surface area contributed by atoms with E-state index in [0.29, 0.717) is 13.0 Å². The molecule has 1 unspecified atom stereocenters. The summed E-state index contributed by atoms with van der Waals surface area (Å²) in [5, 5.41) is 11.3. The first-order valence-corrected chi connectivity index (χ1v) is 13.4. The van der Waals surface area contributed by atoms with E-state index in [0.717, 1.165) is 0 Å². The summed E-state index contributed by atoms with van der Waals surface area (Å²) in [7, 11) is -6.06. The number of terminal acetylenes is 1. The highest BCUT2D eigenvalue weighted by Gasteiger charge is 2.65. The van der Waals surface area contributed by atoms with Crippen molar-refractivity contribution in [2.45, 2.75) is 68.7 Å². The summed E-state index contributed by atoms with van der Waals surface area (Å²) in [5.41, 5.74) is -1.47. The number of rotatable bonds is 7. The molecule has 0 spiro atoms. The van der Waals surface area contributed by atoms with Crippen LogP contribution in [0.15, 0.2) is 29.2 Å². The average molecular weight is 425 g/mol. The SMILES string of the molecule is C#C[C@@]1(C)[C@@H](CCO[Si](C)(C)C(C)(C)C)N1S(=O)(=O)c1ccccc1[N+](=O)[O-]. The van der Waals surface area contributed by atoms with E-state index in [1.165, 1.54) is 28.6 Å². The van der Waals surface area contributed by atoms with Crippen LogP contribution in [0.25, 0.3) is 0 Å². The van der Waals surface area contributed by atoms with Crippen molar-refractivity contribution in [2.24, 2.45) is 0 Å². The smallest absolute Gasteiger partial charge is 0.289 e. The van der Waals surface area contributed by atoms with Crippen LogP contribution < -0.4 is 0 Å². The van der Waals surface area contributed by atoms with Crippen LogP contribution in [0.4, 0.5) is 5.69 Å². The van der Waals surface area contributed by atoms with E-state index in [4.69, 9.17) is 10.8 Å². The minimum Gasteiger partial charge on any atom is -0.417 e. The second-order valence-electron chi connectivity index (χ2n) is 8.73. The Labute approximate surface area is 168 Å². The van der Waals surface area contributed by atoms with Gasteiger partial charge in [0.2, 0.25) is 0 Å². The lowest BCUT2D eigenvalue weighted by Crippen LogP contribution is -2.41. The van der Waals surface area contributed by atoms with Gasteiger partial charge in [-0.3, -0.25) is 10.1 Å². The molecule has 3 atom stereocenters. The van der Waals surface area contributed by atoms with Gasteiger partial charge in [0.15, 0.2) is 13.2 Å². The molecule has 0 aromatic heterocycles. The predicted octanol–water partition coefficient (Wildman–Crippen LogP) is 3.77. The highest BCUT2D eigenvalue weighted by Crippen LogP contribution is 2.48. The molecule has 2 rings (SSSR count). The summed E-state index contributed by atoms with van der Waals surface area (Å²) >= 11 is 0. The Hall–Kier alpha value is -1.73. The molecule has 0 radical (unpaired) electrons. The van der Waals surface area contributed by atoms with Gasteiger partial charge in [-0.2, -0.15) is 4.31 Å². The Morgan fingerprint density at radius 3 is 2.43 bits per heavy atom. The Morgan fingerprint density at radius 1 is 1.36 bits per heavy atom. The zero-order valence-electron chi connectivity index (χ0n) is 17.2. The summed E-state index contributed by atoms with van der Waals surface area (Å²) in [4.78, 5) is 10.2. The molecule has 9 heteroatoms. The van der Waals surface area contributed by atoms with Crippen molar-refractivity contribution in [1.29, 1.82) is 0 Å². The standard InChI is InChI=1S/C19H28N2O5SSi/c1-8-19(5)17(13-14-26-28(6,7)18(2,3)4)20(19)27(24,25)16-12-10-9-11-15(16)21(22)23/h1,9-12,17H,13-14H2,2-7H3/t17-,19+,20?/m1/s1. The highest BCUT2D eigenvalue weighted by molar-refractivity contribution is 7.89. The van der Waals surface area contributed by atoms with Gasteiger partial charge in [0, 0.05) is 12.7 Å². The van der Waals surface area contributed by atoms with Gasteiger partial charge in [-0.25, -0.2) is 8.42 Å². The molecule has 1 aromatic carbocycles. The Kier molecular flexibility index (Phi) is 5.85. The minimum absolute atomic E-state index is 0.0440. The lowest BCUT2D eigenvalue weighted by atomic mass is 10.1. The number of sulfonamides is 1. The average Bonchev–Trinajstić information content (AvgIpc) is 3.19. The van der Waals surface area contributed by atoms with Crippen LogP contribution in [0.2, 0.25) is 18.1 Å². The molecular weight excluding hydrogens is 396 g/mol. The zero-order chi connectivity index (χ0) is 21.5. The van der Waals surface area contributed by atoms with E-state index in [9.17, 15) is 18.5 Å². The maximum Gasteiger partial charge on any atom is 0.289 e. The van der Waals surface area contributed by atoms with E-state index < -0.39 is 40.5 Å². The molecule has 0 bridgehead atoms. The first-order valence-electron chi connectivity index (χ1n) is 9.10.